The van der Waals surface area contributed by atoms with Crippen molar-refractivity contribution in [2.24, 2.45) is 5.41 Å². The summed E-state index contributed by atoms with van der Waals surface area (Å²) in [5.74, 6) is -3.61. The van der Waals surface area contributed by atoms with Gasteiger partial charge in [-0.05, 0) is 56.1 Å². The molecule has 0 radical (unpaired) electrons. The number of carboxylic acids is 1. The second kappa shape index (κ2) is 8.97. The van der Waals surface area contributed by atoms with Gasteiger partial charge in [-0.3, -0.25) is 9.48 Å². The van der Waals surface area contributed by atoms with Crippen LogP contribution in [0, 0.1) is 17.0 Å². The first-order valence-electron chi connectivity index (χ1n) is 11.0. The smallest absolute Gasteiger partial charge is 0.336 e. The normalized spacial score (nSPS) is 17.7. The summed E-state index contributed by atoms with van der Waals surface area (Å²) in [6, 6.07) is 1.92. The second-order valence-corrected chi connectivity index (χ2v) is 8.61. The Hall–Kier alpha value is -2.81. The van der Waals surface area contributed by atoms with Crippen molar-refractivity contribution < 1.29 is 28.2 Å². The van der Waals surface area contributed by atoms with E-state index in [1.165, 1.54) is 0 Å². The molecule has 2 N–H and O–H groups in total. The number of carbonyl (C=O) groups excluding carboxylic acids is 1. The molecule has 1 aromatic carbocycles. The summed E-state index contributed by atoms with van der Waals surface area (Å²) < 4.78 is 35.3. The van der Waals surface area contributed by atoms with Crippen molar-refractivity contribution >= 4 is 11.9 Å². The monoisotopic (exact) mass is 447 g/mol. The maximum Gasteiger partial charge on any atom is 0.336 e. The highest BCUT2D eigenvalue weighted by Gasteiger charge is 2.39. The number of aryl methyl sites for hydroxylation is 2. The largest absolute Gasteiger partial charge is 0.478 e. The molecule has 3 heterocycles. The highest BCUT2D eigenvalue weighted by atomic mass is 19.2. The van der Waals surface area contributed by atoms with Gasteiger partial charge in [0.15, 0.2) is 11.6 Å². The Kier molecular flexibility index (Phi) is 6.28. The Balaban J connectivity index is 1.60. The summed E-state index contributed by atoms with van der Waals surface area (Å²) >= 11 is 0. The van der Waals surface area contributed by atoms with Crippen molar-refractivity contribution in [3.8, 4) is 0 Å². The number of amides is 1. The van der Waals surface area contributed by atoms with Crippen molar-refractivity contribution in [2.75, 3.05) is 19.8 Å². The van der Waals surface area contributed by atoms with Crippen LogP contribution in [0.25, 0.3) is 0 Å². The zero-order valence-electron chi connectivity index (χ0n) is 18.0. The maximum absolute atomic E-state index is 14.3. The lowest BCUT2D eigenvalue weighted by molar-refractivity contribution is 0.0152. The lowest BCUT2D eigenvalue weighted by Crippen LogP contribution is -2.40. The minimum Gasteiger partial charge on any atom is -0.478 e. The lowest BCUT2D eigenvalue weighted by Gasteiger charge is -2.36. The number of hydrogen-bond acceptors (Lipinski definition) is 4. The third-order valence-electron chi connectivity index (χ3n) is 6.64. The van der Waals surface area contributed by atoms with Crippen molar-refractivity contribution in [3.05, 3.63) is 51.8 Å². The van der Waals surface area contributed by atoms with E-state index >= 15 is 0 Å². The fraction of sp³-hybridized carbons (Fsp3) is 0.522. The summed E-state index contributed by atoms with van der Waals surface area (Å²) in [4.78, 5) is 24.3. The van der Waals surface area contributed by atoms with Crippen LogP contribution in [0.4, 0.5) is 8.78 Å². The molecule has 1 aromatic heterocycles. The van der Waals surface area contributed by atoms with E-state index in [4.69, 9.17) is 4.74 Å². The molecule has 1 fully saturated rings. The molecular weight excluding hydrogens is 420 g/mol. The van der Waals surface area contributed by atoms with Gasteiger partial charge >= 0.3 is 5.97 Å². The van der Waals surface area contributed by atoms with Gasteiger partial charge in [0.25, 0.3) is 5.91 Å². The molecule has 2 aliphatic rings. The van der Waals surface area contributed by atoms with Gasteiger partial charge in [-0.25, -0.2) is 13.6 Å². The van der Waals surface area contributed by atoms with Gasteiger partial charge in [0, 0.05) is 31.9 Å². The first kappa shape index (κ1) is 22.4. The van der Waals surface area contributed by atoms with Crippen LogP contribution in [-0.4, -0.2) is 46.5 Å². The quantitative estimate of drug-likeness (QED) is 0.710. The van der Waals surface area contributed by atoms with E-state index in [0.717, 1.165) is 30.7 Å². The molecule has 9 heteroatoms. The predicted octanol–water partition coefficient (Wildman–Crippen LogP) is 3.14. The lowest BCUT2D eigenvalue weighted by atomic mass is 9.76. The molecule has 0 atom stereocenters. The van der Waals surface area contributed by atoms with Crippen LogP contribution in [0.3, 0.4) is 0 Å². The van der Waals surface area contributed by atoms with Crippen LogP contribution in [0.15, 0.2) is 12.1 Å². The van der Waals surface area contributed by atoms with Crippen LogP contribution in [0.2, 0.25) is 0 Å². The molecule has 2 aromatic rings. The van der Waals surface area contributed by atoms with Gasteiger partial charge in [-0.15, -0.1) is 0 Å². The van der Waals surface area contributed by atoms with Gasteiger partial charge in [0.2, 0.25) is 0 Å². The molecule has 7 nitrogen and oxygen atoms in total. The topological polar surface area (TPSA) is 93.5 Å². The molecule has 172 valence electrons. The van der Waals surface area contributed by atoms with Crippen LogP contribution in [0.5, 0.6) is 0 Å². The average molecular weight is 447 g/mol. The third-order valence-corrected chi connectivity index (χ3v) is 6.64. The molecule has 32 heavy (non-hydrogen) atoms. The number of nitrogens with zero attached hydrogens (tertiary/aromatic N) is 2. The van der Waals surface area contributed by atoms with Crippen molar-refractivity contribution in [2.45, 2.75) is 52.0 Å². The Morgan fingerprint density at radius 1 is 1.31 bits per heavy atom. The minimum atomic E-state index is -1.29. The first-order valence-corrected chi connectivity index (χ1v) is 11.0. The van der Waals surface area contributed by atoms with Crippen molar-refractivity contribution in [1.29, 1.82) is 0 Å². The number of carbonyl (C=O) groups is 2. The first-order chi connectivity index (χ1) is 15.3. The van der Waals surface area contributed by atoms with Crippen LogP contribution in [-0.2, 0) is 30.5 Å². The maximum atomic E-state index is 14.3. The van der Waals surface area contributed by atoms with Crippen molar-refractivity contribution in [1.82, 2.24) is 15.1 Å². The minimum absolute atomic E-state index is 0.0481. The molecule has 0 bridgehead atoms. The van der Waals surface area contributed by atoms with Gasteiger partial charge in [-0.1, -0.05) is 6.92 Å². The Morgan fingerprint density at radius 2 is 2.06 bits per heavy atom. The zero-order chi connectivity index (χ0) is 22.9. The second-order valence-electron chi connectivity index (χ2n) is 8.61. The van der Waals surface area contributed by atoms with E-state index in [0.29, 0.717) is 56.8 Å². The number of carboxylic acid groups (broad SMARTS) is 1. The van der Waals surface area contributed by atoms with E-state index in [-0.39, 0.29) is 28.9 Å². The molecular formula is C23H27F2N3O4. The van der Waals surface area contributed by atoms with Crippen LogP contribution >= 0.6 is 0 Å². The van der Waals surface area contributed by atoms with E-state index < -0.39 is 17.6 Å². The van der Waals surface area contributed by atoms with Crippen LogP contribution < -0.4 is 5.32 Å². The Bertz CT molecular complexity index is 1040. The third kappa shape index (κ3) is 4.13. The molecule has 1 saturated heterocycles. The van der Waals surface area contributed by atoms with E-state index in [2.05, 4.69) is 10.4 Å². The highest BCUT2D eigenvalue weighted by molar-refractivity contribution is 5.97. The molecule has 1 amide bonds. The summed E-state index contributed by atoms with van der Waals surface area (Å²) in [6.45, 7) is 4.20. The number of halogens is 2. The number of nitrogens with one attached hydrogen (secondary N) is 1. The van der Waals surface area contributed by atoms with Crippen molar-refractivity contribution in [3.63, 3.8) is 0 Å². The van der Waals surface area contributed by atoms with Gasteiger partial charge in [-0.2, -0.15) is 5.10 Å². The summed E-state index contributed by atoms with van der Waals surface area (Å²) in [5, 5.41) is 17.0. The number of hydrogen-bond donors (Lipinski definition) is 2. The zero-order valence-corrected chi connectivity index (χ0v) is 18.0. The van der Waals surface area contributed by atoms with E-state index in [1.54, 1.807) is 4.68 Å². The molecule has 0 unspecified atom stereocenters. The fourth-order valence-corrected chi connectivity index (χ4v) is 4.80. The molecule has 0 saturated carbocycles. The van der Waals surface area contributed by atoms with Gasteiger partial charge in [0.1, 0.15) is 0 Å². The number of aromatic carboxylic acids is 1. The Labute approximate surface area is 184 Å². The fourth-order valence-electron chi connectivity index (χ4n) is 4.80. The Morgan fingerprint density at radius 3 is 2.75 bits per heavy atom. The molecule has 2 aliphatic heterocycles. The number of rotatable bonds is 6. The summed E-state index contributed by atoms with van der Waals surface area (Å²) in [7, 11) is 0. The predicted molar refractivity (Wildman–Crippen MR) is 112 cm³/mol. The molecule has 0 aliphatic carbocycles. The molecule has 1 spiro atoms. The van der Waals surface area contributed by atoms with Crippen LogP contribution in [0.1, 0.15) is 63.9 Å². The number of aromatic nitrogens is 2. The highest BCUT2D eigenvalue weighted by Crippen LogP contribution is 2.37. The summed E-state index contributed by atoms with van der Waals surface area (Å²) in [5.41, 5.74) is 1.71. The van der Waals surface area contributed by atoms with E-state index in [9.17, 15) is 23.5 Å². The number of ether oxygens (including phenoxy) is 1. The van der Waals surface area contributed by atoms with Gasteiger partial charge < -0.3 is 15.2 Å². The number of fused-ring (bicyclic) bond motifs is 1. The average Bonchev–Trinajstić information content (AvgIpc) is 3.05. The number of benzene rings is 1. The van der Waals surface area contributed by atoms with E-state index in [1.807, 2.05) is 6.92 Å². The summed E-state index contributed by atoms with van der Waals surface area (Å²) in [6.07, 6.45) is 3.38. The molecule has 4 rings (SSSR count). The standard InChI is InChI=1S/C23H27F2N3O4/c1-2-17-19-18(12-23(13-26-21(19)29)7-10-32-11-8-23)28(27-17)9-3-4-14-15(22(30)31)5-6-16(24)20(14)25/h5-6H,2-4,7-13H2,1H3,(H,26,29)(H,30,31). The SMILES string of the molecule is CCc1nn(CCCc2c(C(=O)O)ccc(F)c2F)c2c1C(=O)NCC1(CCOCC1)C2. The van der Waals surface area contributed by atoms with Gasteiger partial charge in [0.05, 0.1) is 22.5 Å².